The number of amides is 3. The standard InChI is InChI=1S/C27H34N4O5S/c1-18-8-6-7-9-21(18)29-24(33)23(19-10-12-20(32)13-11-19)31(16-15-28)25(34)22(14-17-37-5)30-26(35)36-27(2,3)4/h6-13,22-23,32H,14,16-17H2,1-5H3,(H,29,33)(H,30,35). The lowest BCUT2D eigenvalue weighted by Crippen LogP contribution is -2.52. The summed E-state index contributed by atoms with van der Waals surface area (Å²) in [4.78, 5) is 41.1. The number of ether oxygens (including phenoxy) is 1. The molecule has 3 N–H and O–H groups in total. The summed E-state index contributed by atoms with van der Waals surface area (Å²) in [6, 6.07) is 12.8. The van der Waals surface area contributed by atoms with E-state index in [2.05, 4.69) is 10.6 Å². The lowest BCUT2D eigenvalue weighted by molar-refractivity contribution is -0.140. The molecule has 0 spiro atoms. The van der Waals surface area contributed by atoms with Crippen molar-refractivity contribution in [3.8, 4) is 11.8 Å². The lowest BCUT2D eigenvalue weighted by Gasteiger charge is -2.33. The maximum atomic E-state index is 13.8. The van der Waals surface area contributed by atoms with Crippen molar-refractivity contribution < 1.29 is 24.2 Å². The van der Waals surface area contributed by atoms with Crippen molar-refractivity contribution in [2.45, 2.75) is 51.8 Å². The molecule has 2 atom stereocenters. The van der Waals surface area contributed by atoms with Gasteiger partial charge in [0.15, 0.2) is 0 Å². The zero-order chi connectivity index (χ0) is 27.6. The average molecular weight is 527 g/mol. The SMILES string of the molecule is CSCCC(NC(=O)OC(C)(C)C)C(=O)N(CC#N)C(C(=O)Nc1ccccc1C)c1ccc(O)cc1. The lowest BCUT2D eigenvalue weighted by atomic mass is 10.0. The molecule has 0 aliphatic heterocycles. The molecule has 2 unspecified atom stereocenters. The number of aryl methyl sites for hydroxylation is 1. The molecule has 0 fully saturated rings. The molecule has 0 aliphatic carbocycles. The van der Waals surface area contributed by atoms with Crippen LogP contribution in [0.3, 0.4) is 0 Å². The van der Waals surface area contributed by atoms with Gasteiger partial charge in [-0.15, -0.1) is 0 Å². The molecule has 198 valence electrons. The van der Waals surface area contributed by atoms with Gasteiger partial charge in [-0.3, -0.25) is 9.59 Å². The molecule has 3 amide bonds. The molecule has 0 aromatic heterocycles. The molecule has 0 radical (unpaired) electrons. The van der Waals surface area contributed by atoms with Gasteiger partial charge in [-0.2, -0.15) is 17.0 Å². The number of thioether (sulfide) groups is 1. The van der Waals surface area contributed by atoms with Crippen LogP contribution in [0.25, 0.3) is 0 Å². The van der Waals surface area contributed by atoms with E-state index < -0.39 is 42.1 Å². The van der Waals surface area contributed by atoms with Crippen molar-refractivity contribution in [2.75, 3.05) is 23.9 Å². The minimum atomic E-state index is -1.20. The molecule has 37 heavy (non-hydrogen) atoms. The van der Waals surface area contributed by atoms with Gasteiger partial charge in [0.1, 0.15) is 30.0 Å². The number of anilines is 1. The van der Waals surface area contributed by atoms with E-state index in [1.807, 2.05) is 31.4 Å². The Balaban J connectivity index is 2.48. The van der Waals surface area contributed by atoms with E-state index in [4.69, 9.17) is 4.74 Å². The number of nitriles is 1. The summed E-state index contributed by atoms with van der Waals surface area (Å²) in [5.74, 6) is -0.598. The van der Waals surface area contributed by atoms with Crippen LogP contribution in [0.2, 0.25) is 0 Å². The molecule has 0 saturated heterocycles. The normalized spacial score (nSPS) is 12.5. The van der Waals surface area contributed by atoms with E-state index in [-0.39, 0.29) is 12.2 Å². The van der Waals surface area contributed by atoms with Crippen LogP contribution in [-0.2, 0) is 14.3 Å². The fourth-order valence-corrected chi connectivity index (χ4v) is 4.03. The van der Waals surface area contributed by atoms with E-state index in [0.717, 1.165) is 10.5 Å². The topological polar surface area (TPSA) is 132 Å². The third-order valence-corrected chi connectivity index (χ3v) is 5.94. The molecule has 2 aromatic carbocycles. The molecule has 9 nitrogen and oxygen atoms in total. The van der Waals surface area contributed by atoms with Crippen LogP contribution in [0.4, 0.5) is 10.5 Å². The molecular formula is C27H34N4O5S. The van der Waals surface area contributed by atoms with E-state index in [1.165, 1.54) is 36.0 Å². The van der Waals surface area contributed by atoms with Gasteiger partial charge in [-0.1, -0.05) is 30.3 Å². The Bertz CT molecular complexity index is 1120. The number of nitrogens with one attached hydrogen (secondary N) is 2. The van der Waals surface area contributed by atoms with E-state index in [1.54, 1.807) is 32.9 Å². The number of alkyl carbamates (subject to hydrolysis) is 1. The number of hydrogen-bond donors (Lipinski definition) is 3. The van der Waals surface area contributed by atoms with Gasteiger partial charge >= 0.3 is 6.09 Å². The monoisotopic (exact) mass is 526 g/mol. The second kappa shape index (κ2) is 13.6. The maximum Gasteiger partial charge on any atom is 0.408 e. The fraction of sp³-hybridized carbons (Fsp3) is 0.407. The number of aromatic hydroxyl groups is 1. The number of phenolic OH excluding ortho intramolecular Hbond substituents is 1. The Labute approximate surface area is 222 Å². The Morgan fingerprint density at radius 2 is 1.78 bits per heavy atom. The van der Waals surface area contributed by atoms with Crippen molar-refractivity contribution in [1.29, 1.82) is 5.26 Å². The van der Waals surface area contributed by atoms with E-state index >= 15 is 0 Å². The van der Waals surface area contributed by atoms with Crippen LogP contribution in [0.5, 0.6) is 5.75 Å². The summed E-state index contributed by atoms with van der Waals surface area (Å²) < 4.78 is 5.34. The summed E-state index contributed by atoms with van der Waals surface area (Å²) in [6.45, 7) is 6.57. The number of carbonyl (C=O) groups excluding carboxylic acids is 3. The fourth-order valence-electron chi connectivity index (χ4n) is 3.56. The number of phenols is 1. The van der Waals surface area contributed by atoms with Gasteiger partial charge in [-0.05, 0) is 75.5 Å². The highest BCUT2D eigenvalue weighted by Gasteiger charge is 2.36. The third-order valence-electron chi connectivity index (χ3n) is 5.30. The van der Waals surface area contributed by atoms with Crippen LogP contribution in [0.15, 0.2) is 48.5 Å². The van der Waals surface area contributed by atoms with Crippen LogP contribution in [0.1, 0.15) is 44.4 Å². The van der Waals surface area contributed by atoms with Gasteiger partial charge in [0.05, 0.1) is 6.07 Å². The summed E-state index contributed by atoms with van der Waals surface area (Å²) >= 11 is 1.49. The van der Waals surface area contributed by atoms with Crippen molar-refractivity contribution in [1.82, 2.24) is 10.2 Å². The first-order chi connectivity index (χ1) is 17.5. The first-order valence-electron chi connectivity index (χ1n) is 11.8. The molecule has 0 heterocycles. The first kappa shape index (κ1) is 29.5. The van der Waals surface area contributed by atoms with Crippen LogP contribution >= 0.6 is 11.8 Å². The van der Waals surface area contributed by atoms with E-state index in [9.17, 15) is 24.8 Å². The minimum Gasteiger partial charge on any atom is -0.508 e. The average Bonchev–Trinajstić information content (AvgIpc) is 2.82. The molecule has 2 aromatic rings. The van der Waals surface area contributed by atoms with Gasteiger partial charge < -0.3 is 25.4 Å². The van der Waals surface area contributed by atoms with Crippen molar-refractivity contribution in [2.24, 2.45) is 0 Å². The van der Waals surface area contributed by atoms with Crippen LogP contribution in [0, 0.1) is 18.3 Å². The Morgan fingerprint density at radius 3 is 2.35 bits per heavy atom. The highest BCUT2D eigenvalue weighted by Crippen LogP contribution is 2.27. The number of nitrogens with zero attached hydrogens (tertiary/aromatic N) is 2. The Kier molecular flexibility index (Phi) is 10.8. The first-order valence-corrected chi connectivity index (χ1v) is 13.2. The van der Waals surface area contributed by atoms with Crippen LogP contribution in [-0.4, -0.2) is 58.1 Å². The Morgan fingerprint density at radius 1 is 1.14 bits per heavy atom. The minimum absolute atomic E-state index is 0.00980. The number of benzene rings is 2. The van der Waals surface area contributed by atoms with Gasteiger partial charge in [-0.25, -0.2) is 4.79 Å². The number of hydrogen-bond acceptors (Lipinski definition) is 7. The van der Waals surface area contributed by atoms with Crippen LogP contribution < -0.4 is 10.6 Å². The van der Waals surface area contributed by atoms with Gasteiger partial charge in [0, 0.05) is 5.69 Å². The predicted molar refractivity (Wildman–Crippen MR) is 144 cm³/mol. The summed E-state index contributed by atoms with van der Waals surface area (Å²) in [7, 11) is 0. The zero-order valence-electron chi connectivity index (χ0n) is 21.8. The molecule has 0 saturated carbocycles. The highest BCUT2D eigenvalue weighted by atomic mass is 32.2. The number of carbonyl (C=O) groups is 3. The smallest absolute Gasteiger partial charge is 0.408 e. The van der Waals surface area contributed by atoms with Crippen molar-refractivity contribution >= 4 is 35.4 Å². The van der Waals surface area contributed by atoms with Crippen molar-refractivity contribution in [3.05, 3.63) is 59.7 Å². The Hall–Kier alpha value is -3.71. The van der Waals surface area contributed by atoms with Gasteiger partial charge in [0.2, 0.25) is 5.91 Å². The maximum absolute atomic E-state index is 13.8. The molecule has 2 rings (SSSR count). The summed E-state index contributed by atoms with van der Waals surface area (Å²) in [6.07, 6.45) is 1.37. The van der Waals surface area contributed by atoms with E-state index in [0.29, 0.717) is 17.0 Å². The number of para-hydroxylation sites is 1. The molecule has 0 aliphatic rings. The zero-order valence-corrected chi connectivity index (χ0v) is 22.6. The molecule has 0 bridgehead atoms. The molecular weight excluding hydrogens is 492 g/mol. The largest absolute Gasteiger partial charge is 0.508 e. The second-order valence-corrected chi connectivity index (χ2v) is 10.4. The number of rotatable bonds is 10. The highest BCUT2D eigenvalue weighted by molar-refractivity contribution is 7.98. The van der Waals surface area contributed by atoms with Gasteiger partial charge in [0.25, 0.3) is 5.91 Å². The summed E-state index contributed by atoms with van der Waals surface area (Å²) in [5.41, 5.74) is 1.01. The van der Waals surface area contributed by atoms with Crippen molar-refractivity contribution in [3.63, 3.8) is 0 Å². The second-order valence-electron chi connectivity index (χ2n) is 9.40. The molecule has 10 heteroatoms. The predicted octanol–water partition coefficient (Wildman–Crippen LogP) is 4.38. The third kappa shape index (κ3) is 9.03. The quantitative estimate of drug-likeness (QED) is 0.392. The summed E-state index contributed by atoms with van der Waals surface area (Å²) in [5, 5.41) is 24.8.